The van der Waals surface area contributed by atoms with E-state index in [2.05, 4.69) is 0 Å². The predicted octanol–water partition coefficient (Wildman–Crippen LogP) is 2.65. The first-order chi connectivity index (χ1) is 10.1. The third-order valence-electron chi connectivity index (χ3n) is 3.05. The summed E-state index contributed by atoms with van der Waals surface area (Å²) < 4.78 is 10.7. The van der Waals surface area contributed by atoms with Crippen LogP contribution >= 0.6 is 0 Å². The number of phenolic OH excluding ortho intramolecular Hbond substituents is 1. The molecule has 0 saturated heterocycles. The predicted molar refractivity (Wildman–Crippen MR) is 77.0 cm³/mol. The third-order valence-corrected chi connectivity index (χ3v) is 3.05. The number of para-hydroxylation sites is 1. The molecule has 2 aromatic rings. The Kier molecular flexibility index (Phi) is 4.66. The first-order valence-electron chi connectivity index (χ1n) is 6.39. The summed E-state index contributed by atoms with van der Waals surface area (Å²) >= 11 is 0. The summed E-state index contributed by atoms with van der Waals surface area (Å²) in [5.74, 6) is -0.875. The molecule has 5 nitrogen and oxygen atoms in total. The fourth-order valence-corrected chi connectivity index (χ4v) is 2.00. The van der Waals surface area contributed by atoms with Gasteiger partial charge in [0.15, 0.2) is 0 Å². The molecule has 2 N–H and O–H groups in total. The Labute approximate surface area is 122 Å². The van der Waals surface area contributed by atoms with Gasteiger partial charge in [-0.1, -0.05) is 24.3 Å². The molecule has 2 aromatic carbocycles. The minimum absolute atomic E-state index is 0.0564. The number of benzene rings is 2. The maximum atomic E-state index is 11.5. The van der Waals surface area contributed by atoms with Gasteiger partial charge in [-0.05, 0) is 18.2 Å². The summed E-state index contributed by atoms with van der Waals surface area (Å²) in [5.41, 5.74) is 0.549. The van der Waals surface area contributed by atoms with Crippen LogP contribution in [-0.4, -0.2) is 29.9 Å². The highest BCUT2D eigenvalue weighted by Crippen LogP contribution is 2.28. The van der Waals surface area contributed by atoms with Gasteiger partial charge < -0.3 is 19.7 Å². The van der Waals surface area contributed by atoms with E-state index in [0.717, 1.165) is 0 Å². The minimum Gasteiger partial charge on any atom is -0.508 e. The molecule has 0 radical (unpaired) electrons. The Morgan fingerprint density at radius 3 is 2.62 bits per heavy atom. The van der Waals surface area contributed by atoms with Crippen LogP contribution in [0.1, 0.15) is 11.5 Å². The summed E-state index contributed by atoms with van der Waals surface area (Å²) in [5, 5.41) is 18.8. The van der Waals surface area contributed by atoms with Crippen LogP contribution in [0.3, 0.4) is 0 Å². The molecule has 0 fully saturated rings. The molecule has 0 heterocycles. The summed E-state index contributed by atoms with van der Waals surface area (Å²) in [6, 6.07) is 13.2. The van der Waals surface area contributed by atoms with Crippen molar-refractivity contribution < 1.29 is 24.5 Å². The zero-order chi connectivity index (χ0) is 15.2. The molecular weight excluding hydrogens is 272 g/mol. The van der Waals surface area contributed by atoms with Gasteiger partial charge >= 0.3 is 5.97 Å². The molecule has 0 bridgehead atoms. The van der Waals surface area contributed by atoms with E-state index in [1.165, 1.54) is 19.2 Å². The number of methoxy groups -OCH3 is 1. The van der Waals surface area contributed by atoms with Crippen molar-refractivity contribution in [1.82, 2.24) is 0 Å². The van der Waals surface area contributed by atoms with E-state index in [9.17, 15) is 15.0 Å². The lowest BCUT2D eigenvalue weighted by molar-refractivity contribution is -0.139. The standard InChI is InChI=1S/C16H16O5/c1-20-15-8-3-2-7-13(15)14(16(18)19)10-21-12-6-4-5-11(17)9-12/h2-9,14,17H,10H2,1H3,(H,18,19). The second-order valence-corrected chi connectivity index (χ2v) is 4.44. The van der Waals surface area contributed by atoms with Crippen LogP contribution in [-0.2, 0) is 4.79 Å². The second kappa shape index (κ2) is 6.65. The maximum Gasteiger partial charge on any atom is 0.314 e. The van der Waals surface area contributed by atoms with E-state index in [1.54, 1.807) is 36.4 Å². The highest BCUT2D eigenvalue weighted by Gasteiger charge is 2.24. The smallest absolute Gasteiger partial charge is 0.314 e. The van der Waals surface area contributed by atoms with Crippen molar-refractivity contribution in [2.75, 3.05) is 13.7 Å². The van der Waals surface area contributed by atoms with Gasteiger partial charge in [0.1, 0.15) is 29.8 Å². The molecule has 5 heteroatoms. The van der Waals surface area contributed by atoms with Crippen LogP contribution in [0.5, 0.6) is 17.2 Å². The largest absolute Gasteiger partial charge is 0.508 e. The second-order valence-electron chi connectivity index (χ2n) is 4.44. The van der Waals surface area contributed by atoms with Crippen LogP contribution in [0, 0.1) is 0 Å². The highest BCUT2D eigenvalue weighted by molar-refractivity contribution is 5.77. The molecule has 1 unspecified atom stereocenters. The van der Waals surface area contributed by atoms with Gasteiger partial charge in [0.2, 0.25) is 0 Å². The topological polar surface area (TPSA) is 76.0 Å². The van der Waals surface area contributed by atoms with Gasteiger partial charge in [-0.15, -0.1) is 0 Å². The van der Waals surface area contributed by atoms with Gasteiger partial charge in [-0.2, -0.15) is 0 Å². The first-order valence-corrected chi connectivity index (χ1v) is 6.39. The molecule has 110 valence electrons. The van der Waals surface area contributed by atoms with Crippen LogP contribution in [0.15, 0.2) is 48.5 Å². The van der Waals surface area contributed by atoms with Crippen molar-refractivity contribution in [3.8, 4) is 17.2 Å². The Morgan fingerprint density at radius 1 is 1.19 bits per heavy atom. The average Bonchev–Trinajstić information content (AvgIpc) is 2.47. The normalized spacial score (nSPS) is 11.7. The molecule has 2 rings (SSSR count). The molecule has 21 heavy (non-hydrogen) atoms. The van der Waals surface area contributed by atoms with Crippen molar-refractivity contribution in [2.24, 2.45) is 0 Å². The van der Waals surface area contributed by atoms with E-state index in [4.69, 9.17) is 9.47 Å². The number of carboxylic acid groups (broad SMARTS) is 1. The highest BCUT2D eigenvalue weighted by atomic mass is 16.5. The summed E-state index contributed by atoms with van der Waals surface area (Å²) in [7, 11) is 1.49. The molecular formula is C16H16O5. The Hall–Kier alpha value is -2.69. The lowest BCUT2D eigenvalue weighted by atomic mass is 9.99. The average molecular weight is 288 g/mol. The number of phenols is 1. The fourth-order valence-electron chi connectivity index (χ4n) is 2.00. The van der Waals surface area contributed by atoms with Crippen molar-refractivity contribution >= 4 is 5.97 Å². The molecule has 0 aliphatic rings. The lowest BCUT2D eigenvalue weighted by Crippen LogP contribution is -2.20. The molecule has 0 aliphatic heterocycles. The van der Waals surface area contributed by atoms with Gasteiger partial charge in [0.25, 0.3) is 0 Å². The number of hydrogen-bond donors (Lipinski definition) is 2. The number of hydrogen-bond acceptors (Lipinski definition) is 4. The Morgan fingerprint density at radius 2 is 1.95 bits per heavy atom. The number of aliphatic carboxylic acids is 1. The Balaban J connectivity index is 2.18. The maximum absolute atomic E-state index is 11.5. The van der Waals surface area contributed by atoms with E-state index in [1.807, 2.05) is 0 Å². The van der Waals surface area contributed by atoms with Gasteiger partial charge in [-0.25, -0.2) is 0 Å². The summed E-state index contributed by atoms with van der Waals surface area (Å²) in [4.78, 5) is 11.5. The van der Waals surface area contributed by atoms with E-state index >= 15 is 0 Å². The van der Waals surface area contributed by atoms with Gasteiger partial charge in [0, 0.05) is 11.6 Å². The number of carboxylic acids is 1. The van der Waals surface area contributed by atoms with E-state index in [-0.39, 0.29) is 12.4 Å². The van der Waals surface area contributed by atoms with E-state index < -0.39 is 11.9 Å². The SMILES string of the molecule is COc1ccccc1C(COc1cccc(O)c1)C(=O)O. The molecule has 0 saturated carbocycles. The first kappa shape index (κ1) is 14.7. The zero-order valence-corrected chi connectivity index (χ0v) is 11.5. The Bertz CT molecular complexity index is 624. The number of ether oxygens (including phenoxy) is 2. The molecule has 1 atom stereocenters. The quantitative estimate of drug-likeness (QED) is 0.854. The van der Waals surface area contributed by atoms with Crippen LogP contribution in [0.2, 0.25) is 0 Å². The molecule has 0 amide bonds. The van der Waals surface area contributed by atoms with Crippen molar-refractivity contribution in [3.63, 3.8) is 0 Å². The molecule has 0 aliphatic carbocycles. The zero-order valence-electron chi connectivity index (χ0n) is 11.5. The van der Waals surface area contributed by atoms with Crippen molar-refractivity contribution in [1.29, 1.82) is 0 Å². The van der Waals surface area contributed by atoms with Crippen molar-refractivity contribution in [3.05, 3.63) is 54.1 Å². The monoisotopic (exact) mass is 288 g/mol. The summed E-state index contributed by atoms with van der Waals surface area (Å²) in [6.07, 6.45) is 0. The summed E-state index contributed by atoms with van der Waals surface area (Å²) in [6.45, 7) is -0.0564. The van der Waals surface area contributed by atoms with Crippen molar-refractivity contribution in [2.45, 2.75) is 5.92 Å². The molecule has 0 aromatic heterocycles. The van der Waals surface area contributed by atoms with Crippen LogP contribution < -0.4 is 9.47 Å². The molecule has 0 spiro atoms. The van der Waals surface area contributed by atoms with Crippen LogP contribution in [0.4, 0.5) is 0 Å². The number of rotatable bonds is 6. The lowest BCUT2D eigenvalue weighted by Gasteiger charge is -2.16. The van der Waals surface area contributed by atoms with Gasteiger partial charge in [-0.3, -0.25) is 4.79 Å². The van der Waals surface area contributed by atoms with E-state index in [0.29, 0.717) is 17.1 Å². The van der Waals surface area contributed by atoms with Gasteiger partial charge in [0.05, 0.1) is 7.11 Å². The fraction of sp³-hybridized carbons (Fsp3) is 0.188. The number of aromatic hydroxyl groups is 1. The number of carbonyl (C=O) groups is 1. The van der Waals surface area contributed by atoms with Crippen LogP contribution in [0.25, 0.3) is 0 Å². The third kappa shape index (κ3) is 3.66. The minimum atomic E-state index is -1.00.